The van der Waals surface area contributed by atoms with Gasteiger partial charge in [0.25, 0.3) is 0 Å². The molecule has 106 valence electrons. The molecule has 2 heterocycles. The molecule has 3 nitrogen and oxygen atoms in total. The average molecular weight is 262 g/mol. The zero-order chi connectivity index (χ0) is 13.1. The molecule has 0 spiro atoms. The van der Waals surface area contributed by atoms with Gasteiger partial charge in [0.2, 0.25) is 0 Å². The fourth-order valence-corrected chi connectivity index (χ4v) is 3.97. The van der Waals surface area contributed by atoms with E-state index in [4.69, 9.17) is 4.42 Å². The van der Waals surface area contributed by atoms with Gasteiger partial charge < -0.3 is 9.73 Å². The maximum atomic E-state index is 5.35. The van der Waals surface area contributed by atoms with Crippen molar-refractivity contribution in [3.05, 3.63) is 24.2 Å². The number of furan rings is 1. The Morgan fingerprint density at radius 1 is 1.37 bits per heavy atom. The normalized spacial score (nSPS) is 29.3. The van der Waals surface area contributed by atoms with E-state index in [0.717, 1.165) is 30.8 Å². The van der Waals surface area contributed by atoms with Crippen molar-refractivity contribution in [3.8, 4) is 0 Å². The predicted molar refractivity (Wildman–Crippen MR) is 76.9 cm³/mol. The second-order valence-electron chi connectivity index (χ2n) is 6.20. The van der Waals surface area contributed by atoms with Crippen LogP contribution in [0.4, 0.5) is 0 Å². The first-order valence-corrected chi connectivity index (χ1v) is 7.83. The van der Waals surface area contributed by atoms with E-state index in [2.05, 4.69) is 17.1 Å². The van der Waals surface area contributed by atoms with Crippen LogP contribution in [-0.2, 0) is 6.54 Å². The van der Waals surface area contributed by atoms with Crippen molar-refractivity contribution in [3.63, 3.8) is 0 Å². The van der Waals surface area contributed by atoms with Crippen LogP contribution in [0.3, 0.4) is 0 Å². The van der Waals surface area contributed by atoms with Gasteiger partial charge in [0.1, 0.15) is 5.76 Å². The van der Waals surface area contributed by atoms with E-state index in [9.17, 15) is 0 Å². The molecule has 0 amide bonds. The first-order valence-electron chi connectivity index (χ1n) is 7.83. The number of nitrogens with one attached hydrogen (secondary N) is 1. The Hall–Kier alpha value is -0.800. The van der Waals surface area contributed by atoms with Crippen molar-refractivity contribution in [2.45, 2.75) is 57.7 Å². The summed E-state index contributed by atoms with van der Waals surface area (Å²) in [7, 11) is 0. The summed E-state index contributed by atoms with van der Waals surface area (Å²) in [6.07, 6.45) is 8.94. The number of fused-ring (bicyclic) bond motifs is 1. The van der Waals surface area contributed by atoms with Crippen LogP contribution in [0.25, 0.3) is 0 Å². The lowest BCUT2D eigenvalue weighted by Crippen LogP contribution is -2.50. The highest BCUT2D eigenvalue weighted by molar-refractivity contribution is 4.97. The smallest absolute Gasteiger partial charge is 0.117 e. The number of rotatable bonds is 5. The van der Waals surface area contributed by atoms with E-state index in [-0.39, 0.29) is 0 Å². The maximum absolute atomic E-state index is 5.35. The van der Waals surface area contributed by atoms with Crippen molar-refractivity contribution >= 4 is 0 Å². The molecule has 0 radical (unpaired) electrons. The molecule has 1 aromatic rings. The zero-order valence-corrected chi connectivity index (χ0v) is 12.0. The van der Waals surface area contributed by atoms with Gasteiger partial charge in [0.15, 0.2) is 0 Å². The lowest BCUT2D eigenvalue weighted by molar-refractivity contribution is 0.0741. The van der Waals surface area contributed by atoms with Crippen LogP contribution < -0.4 is 5.32 Å². The van der Waals surface area contributed by atoms with E-state index in [1.54, 1.807) is 6.26 Å². The van der Waals surface area contributed by atoms with Crippen LogP contribution in [0, 0.1) is 5.92 Å². The van der Waals surface area contributed by atoms with Crippen LogP contribution in [0.5, 0.6) is 0 Å². The summed E-state index contributed by atoms with van der Waals surface area (Å²) in [5.41, 5.74) is 0. The highest BCUT2D eigenvalue weighted by Gasteiger charge is 2.36. The van der Waals surface area contributed by atoms with Gasteiger partial charge >= 0.3 is 0 Å². The first kappa shape index (κ1) is 13.2. The third kappa shape index (κ3) is 3.03. The fourth-order valence-electron chi connectivity index (χ4n) is 3.97. The second kappa shape index (κ2) is 6.10. The molecule has 2 fully saturated rings. The van der Waals surface area contributed by atoms with E-state index in [1.807, 2.05) is 12.1 Å². The molecule has 1 saturated carbocycles. The molecule has 19 heavy (non-hydrogen) atoms. The molecular weight excluding hydrogens is 236 g/mol. The molecule has 1 N–H and O–H groups in total. The molecule has 0 aromatic carbocycles. The Kier molecular flexibility index (Phi) is 4.24. The maximum Gasteiger partial charge on any atom is 0.117 e. The number of nitrogens with zero attached hydrogens (tertiary/aromatic N) is 1. The highest BCUT2D eigenvalue weighted by Crippen LogP contribution is 2.37. The zero-order valence-electron chi connectivity index (χ0n) is 12.0. The Morgan fingerprint density at radius 3 is 3.11 bits per heavy atom. The first-order chi connectivity index (χ1) is 9.34. The minimum atomic E-state index is 0.640. The Labute approximate surface area is 116 Å². The Balaban J connectivity index is 1.47. The average Bonchev–Trinajstić information content (AvgIpc) is 3.08. The van der Waals surface area contributed by atoms with Gasteiger partial charge in [-0.25, -0.2) is 0 Å². The molecule has 3 unspecified atom stereocenters. The topological polar surface area (TPSA) is 28.4 Å². The third-order valence-corrected chi connectivity index (χ3v) is 4.92. The van der Waals surface area contributed by atoms with Crippen LogP contribution in [0.1, 0.15) is 44.8 Å². The summed E-state index contributed by atoms with van der Waals surface area (Å²) >= 11 is 0. The van der Waals surface area contributed by atoms with E-state index in [1.165, 1.54) is 38.6 Å². The number of likely N-dealkylation sites (tertiary alicyclic amines) is 1. The monoisotopic (exact) mass is 262 g/mol. The molecule has 1 saturated heterocycles. The lowest BCUT2D eigenvalue weighted by Gasteiger charge is -2.41. The van der Waals surface area contributed by atoms with Gasteiger partial charge in [0.05, 0.1) is 12.8 Å². The van der Waals surface area contributed by atoms with Crippen molar-refractivity contribution < 1.29 is 4.42 Å². The van der Waals surface area contributed by atoms with Crippen molar-refractivity contribution in [1.29, 1.82) is 0 Å². The van der Waals surface area contributed by atoms with Crippen molar-refractivity contribution in [2.24, 2.45) is 5.92 Å². The molecule has 3 rings (SSSR count). The number of piperidine rings is 1. The Bertz CT molecular complexity index is 376. The fraction of sp³-hybridized carbons (Fsp3) is 0.750. The van der Waals surface area contributed by atoms with Crippen molar-refractivity contribution in [2.75, 3.05) is 13.1 Å². The summed E-state index contributed by atoms with van der Waals surface area (Å²) in [6, 6.07) is 5.50. The van der Waals surface area contributed by atoms with E-state index in [0.29, 0.717) is 6.04 Å². The van der Waals surface area contributed by atoms with Gasteiger partial charge in [-0.1, -0.05) is 6.42 Å². The van der Waals surface area contributed by atoms with Crippen LogP contribution in [0.15, 0.2) is 22.8 Å². The van der Waals surface area contributed by atoms with Crippen molar-refractivity contribution in [1.82, 2.24) is 10.2 Å². The van der Waals surface area contributed by atoms with E-state index < -0.39 is 0 Å². The van der Waals surface area contributed by atoms with Gasteiger partial charge in [0, 0.05) is 18.6 Å². The van der Waals surface area contributed by atoms with Crippen LogP contribution >= 0.6 is 0 Å². The molecular formula is C16H26N2O. The second-order valence-corrected chi connectivity index (χ2v) is 6.20. The Morgan fingerprint density at radius 2 is 2.26 bits per heavy atom. The minimum absolute atomic E-state index is 0.640. The highest BCUT2D eigenvalue weighted by atomic mass is 16.3. The minimum Gasteiger partial charge on any atom is -0.468 e. The standard InChI is InChI=1S/C16H26N2O/c1-13(11-17-12-15-7-4-10-19-15)18-9-3-6-14-5-2-8-16(14)18/h4,7,10,13-14,16-17H,2-3,5-6,8-9,11-12H2,1H3. The predicted octanol–water partition coefficient (Wildman–Crippen LogP) is 3.02. The molecule has 3 heteroatoms. The summed E-state index contributed by atoms with van der Waals surface area (Å²) < 4.78 is 5.35. The molecule has 1 aliphatic heterocycles. The summed E-state index contributed by atoms with van der Waals surface area (Å²) in [5, 5.41) is 3.53. The SMILES string of the molecule is CC(CNCc1ccco1)N1CCCC2CCCC21. The molecule has 0 bridgehead atoms. The quantitative estimate of drug-likeness (QED) is 0.884. The lowest BCUT2D eigenvalue weighted by atomic mass is 9.91. The van der Waals surface area contributed by atoms with Crippen LogP contribution in [-0.4, -0.2) is 30.1 Å². The molecule has 3 atom stereocenters. The number of hydrogen-bond donors (Lipinski definition) is 1. The van der Waals surface area contributed by atoms with Gasteiger partial charge in [-0.3, -0.25) is 4.90 Å². The molecule has 1 aliphatic carbocycles. The summed E-state index contributed by atoms with van der Waals surface area (Å²) in [6.45, 7) is 5.57. The van der Waals surface area contributed by atoms with Gasteiger partial charge in [-0.15, -0.1) is 0 Å². The van der Waals surface area contributed by atoms with E-state index >= 15 is 0 Å². The third-order valence-electron chi connectivity index (χ3n) is 4.92. The van der Waals surface area contributed by atoms with Gasteiger partial charge in [-0.05, 0) is 57.2 Å². The van der Waals surface area contributed by atoms with Crippen LogP contribution in [0.2, 0.25) is 0 Å². The largest absolute Gasteiger partial charge is 0.468 e. The molecule has 1 aromatic heterocycles. The van der Waals surface area contributed by atoms with Gasteiger partial charge in [-0.2, -0.15) is 0 Å². The summed E-state index contributed by atoms with van der Waals surface area (Å²) in [5.74, 6) is 2.02. The number of hydrogen-bond acceptors (Lipinski definition) is 3. The summed E-state index contributed by atoms with van der Waals surface area (Å²) in [4.78, 5) is 2.76. The molecule has 2 aliphatic rings.